The van der Waals surface area contributed by atoms with Crippen molar-refractivity contribution >= 4 is 11.7 Å². The Balaban J connectivity index is 1.88. The third-order valence-corrected chi connectivity index (χ3v) is 3.09. The van der Waals surface area contributed by atoms with Gasteiger partial charge in [0.1, 0.15) is 0 Å². The second-order valence-corrected chi connectivity index (χ2v) is 4.77. The summed E-state index contributed by atoms with van der Waals surface area (Å²) in [5.74, 6) is -0.255. The van der Waals surface area contributed by atoms with Crippen LogP contribution in [0.15, 0.2) is 24.3 Å². The minimum Gasteiger partial charge on any atom is -0.462 e. The lowest BCUT2D eigenvalue weighted by Crippen LogP contribution is -2.29. The largest absolute Gasteiger partial charge is 0.462 e. The first kappa shape index (κ1) is 13.9. The predicted octanol–water partition coefficient (Wildman–Crippen LogP) is 2.84. The van der Waals surface area contributed by atoms with Gasteiger partial charge in [-0.15, -0.1) is 0 Å². The molecular formula is C15H21NO3. The zero-order valence-corrected chi connectivity index (χ0v) is 11.4. The van der Waals surface area contributed by atoms with Crippen LogP contribution in [-0.4, -0.2) is 31.8 Å². The summed E-state index contributed by atoms with van der Waals surface area (Å²) < 4.78 is 10.5. The van der Waals surface area contributed by atoms with E-state index in [0.29, 0.717) is 18.2 Å². The molecule has 2 rings (SSSR count). The molecule has 0 aromatic heterocycles. The van der Waals surface area contributed by atoms with Gasteiger partial charge in [0.25, 0.3) is 0 Å². The number of esters is 1. The van der Waals surface area contributed by atoms with Crippen molar-refractivity contribution in [2.45, 2.75) is 32.2 Å². The van der Waals surface area contributed by atoms with Gasteiger partial charge in [-0.05, 0) is 43.5 Å². The summed E-state index contributed by atoms with van der Waals surface area (Å²) in [7, 11) is 0. The van der Waals surface area contributed by atoms with Crippen LogP contribution in [0.3, 0.4) is 0 Å². The standard InChI is InChI=1S/C15H21NO3/c1-2-9-19-15(17)12-5-7-13(8-6-12)16-14-4-3-10-18-11-14/h5-8,14,16H,2-4,9-11H2,1H3. The number of ether oxygens (including phenoxy) is 2. The normalized spacial score (nSPS) is 18.9. The molecule has 1 aromatic rings. The molecule has 104 valence electrons. The molecule has 0 radical (unpaired) electrons. The summed E-state index contributed by atoms with van der Waals surface area (Å²) in [5, 5.41) is 3.41. The maximum Gasteiger partial charge on any atom is 0.338 e. The van der Waals surface area contributed by atoms with Gasteiger partial charge in [0, 0.05) is 18.3 Å². The second-order valence-electron chi connectivity index (χ2n) is 4.77. The number of hydrogen-bond acceptors (Lipinski definition) is 4. The van der Waals surface area contributed by atoms with Crippen molar-refractivity contribution < 1.29 is 14.3 Å². The van der Waals surface area contributed by atoms with Gasteiger partial charge in [0.2, 0.25) is 0 Å². The Morgan fingerprint density at radius 2 is 2.21 bits per heavy atom. The first-order chi connectivity index (χ1) is 9.29. The zero-order chi connectivity index (χ0) is 13.5. The van der Waals surface area contributed by atoms with Gasteiger partial charge in [-0.2, -0.15) is 0 Å². The molecule has 4 nitrogen and oxygen atoms in total. The molecule has 0 spiro atoms. The van der Waals surface area contributed by atoms with Crippen molar-refractivity contribution in [3.8, 4) is 0 Å². The van der Waals surface area contributed by atoms with Crippen LogP contribution in [0.5, 0.6) is 0 Å². The summed E-state index contributed by atoms with van der Waals surface area (Å²) >= 11 is 0. The van der Waals surface area contributed by atoms with E-state index in [0.717, 1.165) is 38.2 Å². The first-order valence-corrected chi connectivity index (χ1v) is 6.91. The van der Waals surface area contributed by atoms with Crippen LogP contribution in [0.2, 0.25) is 0 Å². The highest BCUT2D eigenvalue weighted by Crippen LogP contribution is 2.15. The summed E-state index contributed by atoms with van der Waals surface area (Å²) in [6.45, 7) is 4.06. The van der Waals surface area contributed by atoms with Crippen LogP contribution in [0.25, 0.3) is 0 Å². The monoisotopic (exact) mass is 263 g/mol. The molecule has 19 heavy (non-hydrogen) atoms. The molecule has 1 fully saturated rings. The van der Waals surface area contributed by atoms with E-state index in [4.69, 9.17) is 9.47 Å². The quantitative estimate of drug-likeness (QED) is 0.830. The molecule has 1 aromatic carbocycles. The van der Waals surface area contributed by atoms with Crippen LogP contribution in [0.4, 0.5) is 5.69 Å². The average Bonchev–Trinajstić information content (AvgIpc) is 2.46. The number of hydrogen-bond donors (Lipinski definition) is 1. The van der Waals surface area contributed by atoms with Gasteiger partial charge in [0.15, 0.2) is 0 Å². The van der Waals surface area contributed by atoms with Crippen LogP contribution >= 0.6 is 0 Å². The zero-order valence-electron chi connectivity index (χ0n) is 11.4. The Morgan fingerprint density at radius 1 is 1.42 bits per heavy atom. The fourth-order valence-electron chi connectivity index (χ4n) is 2.07. The summed E-state index contributed by atoms with van der Waals surface area (Å²) in [5.41, 5.74) is 1.61. The number of benzene rings is 1. The van der Waals surface area contributed by atoms with Gasteiger partial charge in [-0.1, -0.05) is 6.92 Å². The summed E-state index contributed by atoms with van der Waals surface area (Å²) in [4.78, 5) is 11.6. The molecule has 1 atom stereocenters. The highest BCUT2D eigenvalue weighted by atomic mass is 16.5. The molecule has 1 saturated heterocycles. The van der Waals surface area contributed by atoms with E-state index in [9.17, 15) is 4.79 Å². The van der Waals surface area contributed by atoms with Crippen molar-refractivity contribution in [2.24, 2.45) is 0 Å². The molecule has 1 heterocycles. The van der Waals surface area contributed by atoms with E-state index >= 15 is 0 Å². The highest BCUT2D eigenvalue weighted by Gasteiger charge is 2.13. The Labute approximate surface area is 114 Å². The fraction of sp³-hybridized carbons (Fsp3) is 0.533. The highest BCUT2D eigenvalue weighted by molar-refractivity contribution is 5.89. The smallest absolute Gasteiger partial charge is 0.338 e. The molecule has 4 heteroatoms. The van der Waals surface area contributed by atoms with Gasteiger partial charge in [-0.25, -0.2) is 4.79 Å². The number of nitrogens with one attached hydrogen (secondary N) is 1. The molecule has 1 aliphatic heterocycles. The number of anilines is 1. The Morgan fingerprint density at radius 3 is 2.84 bits per heavy atom. The van der Waals surface area contributed by atoms with E-state index in [1.165, 1.54) is 0 Å². The van der Waals surface area contributed by atoms with Crippen molar-refractivity contribution in [1.29, 1.82) is 0 Å². The minimum absolute atomic E-state index is 0.255. The number of carbonyl (C=O) groups excluding carboxylic acids is 1. The van der Waals surface area contributed by atoms with E-state index < -0.39 is 0 Å². The van der Waals surface area contributed by atoms with Crippen molar-refractivity contribution in [3.63, 3.8) is 0 Å². The van der Waals surface area contributed by atoms with Crippen LogP contribution in [-0.2, 0) is 9.47 Å². The lowest BCUT2D eigenvalue weighted by atomic mass is 10.1. The average molecular weight is 263 g/mol. The minimum atomic E-state index is -0.255. The van der Waals surface area contributed by atoms with Crippen molar-refractivity contribution in [2.75, 3.05) is 25.1 Å². The Hall–Kier alpha value is -1.55. The lowest BCUT2D eigenvalue weighted by molar-refractivity contribution is 0.0505. The van der Waals surface area contributed by atoms with E-state index in [1.54, 1.807) is 12.1 Å². The maximum absolute atomic E-state index is 11.6. The molecule has 1 unspecified atom stereocenters. The fourth-order valence-corrected chi connectivity index (χ4v) is 2.07. The summed E-state index contributed by atoms with van der Waals surface area (Å²) in [6.07, 6.45) is 3.06. The molecule has 1 aliphatic rings. The molecule has 1 N–H and O–H groups in total. The maximum atomic E-state index is 11.6. The topological polar surface area (TPSA) is 47.6 Å². The Kier molecular flexibility index (Phi) is 5.21. The molecule has 0 saturated carbocycles. The first-order valence-electron chi connectivity index (χ1n) is 6.91. The van der Waals surface area contributed by atoms with Crippen LogP contribution in [0, 0.1) is 0 Å². The van der Waals surface area contributed by atoms with Crippen molar-refractivity contribution in [1.82, 2.24) is 0 Å². The molecule has 0 aliphatic carbocycles. The van der Waals surface area contributed by atoms with E-state index in [-0.39, 0.29) is 5.97 Å². The lowest BCUT2D eigenvalue weighted by Gasteiger charge is -2.24. The third-order valence-electron chi connectivity index (χ3n) is 3.09. The summed E-state index contributed by atoms with van der Waals surface area (Å²) in [6, 6.07) is 7.79. The number of carbonyl (C=O) groups is 1. The van der Waals surface area contributed by atoms with Gasteiger partial charge >= 0.3 is 5.97 Å². The van der Waals surface area contributed by atoms with E-state index in [1.807, 2.05) is 19.1 Å². The van der Waals surface area contributed by atoms with Gasteiger partial charge < -0.3 is 14.8 Å². The van der Waals surface area contributed by atoms with Crippen LogP contribution < -0.4 is 5.32 Å². The molecule has 0 amide bonds. The predicted molar refractivity (Wildman–Crippen MR) is 74.5 cm³/mol. The Bertz CT molecular complexity index is 396. The molecular weight excluding hydrogens is 242 g/mol. The van der Waals surface area contributed by atoms with Gasteiger partial charge in [-0.3, -0.25) is 0 Å². The number of rotatable bonds is 5. The second kappa shape index (κ2) is 7.14. The van der Waals surface area contributed by atoms with Crippen LogP contribution in [0.1, 0.15) is 36.5 Å². The van der Waals surface area contributed by atoms with E-state index in [2.05, 4.69) is 5.32 Å². The third kappa shape index (κ3) is 4.24. The van der Waals surface area contributed by atoms with Gasteiger partial charge in [0.05, 0.1) is 18.8 Å². The SMILES string of the molecule is CCCOC(=O)c1ccc(NC2CCCOC2)cc1. The van der Waals surface area contributed by atoms with Crippen molar-refractivity contribution in [3.05, 3.63) is 29.8 Å². The molecule has 0 bridgehead atoms.